The van der Waals surface area contributed by atoms with Crippen molar-refractivity contribution in [1.82, 2.24) is 0 Å². The molecule has 0 N–H and O–H groups in total. The smallest absolute Gasteiger partial charge is 0.339 e. The number of ether oxygens (including phenoxy) is 3. The Morgan fingerprint density at radius 2 is 1.77 bits per heavy atom. The Kier molecular flexibility index (Phi) is 6.03. The number of hydrogen-bond acceptors (Lipinski definition) is 5. The molecule has 2 aliphatic heterocycles. The van der Waals surface area contributed by atoms with Crippen LogP contribution in [0.5, 0.6) is 0 Å². The second kappa shape index (κ2) is 8.08. The van der Waals surface area contributed by atoms with E-state index < -0.39 is 35.7 Å². The molecule has 0 bridgehead atoms. The lowest BCUT2D eigenvalue weighted by Gasteiger charge is -2.25. The van der Waals surface area contributed by atoms with Crippen LogP contribution in [0.4, 0.5) is 4.39 Å². The molecule has 30 heavy (non-hydrogen) atoms. The molecule has 3 rings (SSSR count). The molecule has 2 aliphatic rings. The van der Waals surface area contributed by atoms with Crippen molar-refractivity contribution in [1.29, 1.82) is 0 Å². The Morgan fingerprint density at radius 1 is 1.07 bits per heavy atom. The number of cyclic esters (lactones) is 1. The summed E-state index contributed by atoms with van der Waals surface area (Å²) in [6.07, 6.45) is 3.92. The third kappa shape index (κ3) is 4.71. The van der Waals surface area contributed by atoms with E-state index in [0.717, 1.165) is 23.3 Å². The fourth-order valence-electron chi connectivity index (χ4n) is 3.80. The predicted molar refractivity (Wildman–Crippen MR) is 112 cm³/mol. The summed E-state index contributed by atoms with van der Waals surface area (Å²) in [6.45, 7) is 9.99. The SMILES string of the molecule is Cc1cc(C)c2c(c1)/C=C/C[C@@H]1OC(C)(C)OC1C(=O)/C=C\C(C)(F)C(C)OC2=O. The van der Waals surface area contributed by atoms with E-state index in [4.69, 9.17) is 14.2 Å². The molecule has 4 atom stereocenters. The van der Waals surface area contributed by atoms with E-state index in [2.05, 4.69) is 0 Å². The molecule has 0 aliphatic carbocycles. The van der Waals surface area contributed by atoms with Gasteiger partial charge in [0, 0.05) is 0 Å². The van der Waals surface area contributed by atoms with E-state index in [1.165, 1.54) is 13.8 Å². The molecule has 0 aromatic heterocycles. The minimum Gasteiger partial charge on any atom is -0.455 e. The van der Waals surface area contributed by atoms with Crippen molar-refractivity contribution in [3.8, 4) is 0 Å². The maximum absolute atomic E-state index is 15.2. The van der Waals surface area contributed by atoms with Gasteiger partial charge in [0.25, 0.3) is 0 Å². The van der Waals surface area contributed by atoms with Crippen LogP contribution in [0.3, 0.4) is 0 Å². The third-order valence-electron chi connectivity index (χ3n) is 5.50. The molecule has 1 aromatic carbocycles. The Balaban J connectivity index is 2.07. The average Bonchev–Trinajstić information content (AvgIpc) is 2.93. The van der Waals surface area contributed by atoms with E-state index in [0.29, 0.717) is 17.5 Å². The fraction of sp³-hybridized carbons (Fsp3) is 0.500. The van der Waals surface area contributed by atoms with Gasteiger partial charge in [0.2, 0.25) is 0 Å². The van der Waals surface area contributed by atoms with Crippen molar-refractivity contribution in [3.05, 3.63) is 52.6 Å². The number of fused-ring (bicyclic) bond motifs is 2. The highest BCUT2D eigenvalue weighted by molar-refractivity contribution is 5.96. The maximum Gasteiger partial charge on any atom is 0.339 e. The summed E-state index contributed by atoms with van der Waals surface area (Å²) in [5.41, 5.74) is 0.792. The molecule has 3 unspecified atom stereocenters. The molecular formula is C24H29FO5. The lowest BCUT2D eigenvalue weighted by atomic mass is 9.96. The molecule has 0 radical (unpaired) electrons. The highest BCUT2D eigenvalue weighted by Gasteiger charge is 2.44. The largest absolute Gasteiger partial charge is 0.455 e. The average molecular weight is 416 g/mol. The highest BCUT2D eigenvalue weighted by Crippen LogP contribution is 2.32. The van der Waals surface area contributed by atoms with Crippen LogP contribution in [0.2, 0.25) is 0 Å². The first-order valence-electron chi connectivity index (χ1n) is 10.2. The van der Waals surface area contributed by atoms with Crippen LogP contribution in [0.25, 0.3) is 6.08 Å². The maximum atomic E-state index is 15.2. The van der Waals surface area contributed by atoms with Gasteiger partial charge in [0.1, 0.15) is 12.2 Å². The summed E-state index contributed by atoms with van der Waals surface area (Å²) in [5.74, 6) is -1.90. The first-order chi connectivity index (χ1) is 13.9. The lowest BCUT2D eigenvalue weighted by molar-refractivity contribution is -0.152. The van der Waals surface area contributed by atoms with Gasteiger partial charge in [-0.15, -0.1) is 0 Å². The molecular weight excluding hydrogens is 387 g/mol. The van der Waals surface area contributed by atoms with Crippen molar-refractivity contribution >= 4 is 17.8 Å². The van der Waals surface area contributed by atoms with Gasteiger partial charge in [0.15, 0.2) is 17.2 Å². The molecule has 162 valence electrons. The van der Waals surface area contributed by atoms with Gasteiger partial charge < -0.3 is 14.2 Å². The van der Waals surface area contributed by atoms with Gasteiger partial charge >= 0.3 is 5.97 Å². The molecule has 0 spiro atoms. The summed E-state index contributed by atoms with van der Waals surface area (Å²) >= 11 is 0. The molecule has 1 fully saturated rings. The van der Waals surface area contributed by atoms with Crippen LogP contribution >= 0.6 is 0 Å². The predicted octanol–water partition coefficient (Wildman–Crippen LogP) is 4.64. The van der Waals surface area contributed by atoms with Crippen molar-refractivity contribution in [3.63, 3.8) is 0 Å². The van der Waals surface area contributed by atoms with Crippen LogP contribution in [0, 0.1) is 13.8 Å². The Morgan fingerprint density at radius 3 is 2.47 bits per heavy atom. The van der Waals surface area contributed by atoms with E-state index in [9.17, 15) is 9.59 Å². The lowest BCUT2D eigenvalue weighted by Crippen LogP contribution is -2.36. The van der Waals surface area contributed by atoms with Crippen molar-refractivity contribution in [2.75, 3.05) is 0 Å². The number of esters is 1. The van der Waals surface area contributed by atoms with Crippen molar-refractivity contribution in [2.45, 2.75) is 77.7 Å². The first-order valence-corrected chi connectivity index (χ1v) is 10.2. The quantitative estimate of drug-likeness (QED) is 0.577. The zero-order valence-electron chi connectivity index (χ0n) is 18.3. The zero-order valence-corrected chi connectivity index (χ0v) is 18.3. The molecule has 0 saturated carbocycles. The number of rotatable bonds is 0. The number of carbonyl (C=O) groups is 2. The monoisotopic (exact) mass is 416 g/mol. The van der Waals surface area contributed by atoms with Crippen molar-refractivity contribution in [2.24, 2.45) is 0 Å². The highest BCUT2D eigenvalue weighted by atomic mass is 19.1. The molecule has 6 heteroatoms. The molecule has 1 saturated heterocycles. The van der Waals surface area contributed by atoms with Crippen molar-refractivity contribution < 1.29 is 28.2 Å². The number of carbonyl (C=O) groups excluding carboxylic acids is 2. The van der Waals surface area contributed by atoms with Crippen LogP contribution in [-0.4, -0.2) is 41.5 Å². The fourth-order valence-corrected chi connectivity index (χ4v) is 3.80. The summed E-state index contributed by atoms with van der Waals surface area (Å²) in [4.78, 5) is 25.6. The summed E-state index contributed by atoms with van der Waals surface area (Å²) < 4.78 is 32.3. The number of benzene rings is 1. The van der Waals surface area contributed by atoms with Gasteiger partial charge in [-0.2, -0.15) is 0 Å². The molecule has 2 heterocycles. The Bertz CT molecular complexity index is 912. The second-order valence-corrected chi connectivity index (χ2v) is 8.71. The number of ketones is 1. The Hall–Kier alpha value is -2.31. The normalized spacial score (nSPS) is 33.8. The van der Waals surface area contributed by atoms with Gasteiger partial charge in [0.05, 0.1) is 11.7 Å². The number of alkyl halides is 1. The van der Waals surface area contributed by atoms with Crippen LogP contribution in [0.1, 0.15) is 61.2 Å². The van der Waals surface area contributed by atoms with E-state index in [1.807, 2.05) is 38.1 Å². The Labute approximate surface area is 176 Å². The minimum absolute atomic E-state index is 0.384. The standard InChI is InChI=1S/C24H29FO5/c1-14-12-15(2)20-17(13-14)8-7-9-19-21(30-23(4,5)29-19)18(26)10-11-24(6,25)16(3)28-22(20)27/h7-8,10-13,16,19,21H,9H2,1-6H3/b8-7+,11-10-/t16?,19-,21?,24?/m0/s1. The first kappa shape index (κ1) is 22.4. The number of hydrogen-bond donors (Lipinski definition) is 0. The zero-order chi connectivity index (χ0) is 22.3. The summed E-state index contributed by atoms with van der Waals surface area (Å²) in [7, 11) is 0. The van der Waals surface area contributed by atoms with Gasteiger partial charge in [-0.1, -0.05) is 29.8 Å². The van der Waals surface area contributed by atoms with Crippen LogP contribution in [-0.2, 0) is 19.0 Å². The minimum atomic E-state index is -2.03. The van der Waals surface area contributed by atoms with Crippen LogP contribution < -0.4 is 0 Å². The third-order valence-corrected chi connectivity index (χ3v) is 5.50. The summed E-state index contributed by atoms with van der Waals surface area (Å²) in [5, 5.41) is 0. The van der Waals surface area contributed by atoms with Gasteiger partial charge in [-0.25, -0.2) is 9.18 Å². The molecule has 5 nitrogen and oxygen atoms in total. The van der Waals surface area contributed by atoms with E-state index >= 15 is 4.39 Å². The summed E-state index contributed by atoms with van der Waals surface area (Å²) in [6, 6.07) is 3.77. The van der Waals surface area contributed by atoms with Gasteiger partial charge in [-0.05, 0) is 71.2 Å². The topological polar surface area (TPSA) is 61.8 Å². The number of aryl methyl sites for hydroxylation is 2. The van der Waals surface area contributed by atoms with Crippen LogP contribution in [0.15, 0.2) is 30.4 Å². The number of halogens is 1. The van der Waals surface area contributed by atoms with E-state index in [1.54, 1.807) is 13.8 Å². The van der Waals surface area contributed by atoms with E-state index in [-0.39, 0.29) is 5.78 Å². The van der Waals surface area contributed by atoms with Gasteiger partial charge in [-0.3, -0.25) is 4.79 Å². The molecule has 1 aromatic rings. The second-order valence-electron chi connectivity index (χ2n) is 8.71. The molecule has 0 amide bonds.